The predicted octanol–water partition coefficient (Wildman–Crippen LogP) is 3.77. The third kappa shape index (κ3) is 2.33. The van der Waals surface area contributed by atoms with E-state index in [0.29, 0.717) is 10.7 Å². The van der Waals surface area contributed by atoms with Crippen LogP contribution >= 0.6 is 11.6 Å². The molecule has 2 N–H and O–H groups in total. The summed E-state index contributed by atoms with van der Waals surface area (Å²) < 4.78 is 1.78. The molecule has 3 rings (SSSR count). The number of para-hydroxylation sites is 1. The fourth-order valence-electron chi connectivity index (χ4n) is 1.93. The normalized spacial score (nSPS) is 10.6. The van der Waals surface area contributed by atoms with Crippen LogP contribution in [0.1, 0.15) is 0 Å². The van der Waals surface area contributed by atoms with Crippen molar-refractivity contribution in [2.24, 2.45) is 0 Å². The Morgan fingerprint density at radius 3 is 2.32 bits per heavy atom. The number of hydrogen-bond donors (Lipinski definition) is 1. The first-order valence-electron chi connectivity index (χ1n) is 5.90. The van der Waals surface area contributed by atoms with Gasteiger partial charge in [-0.2, -0.15) is 5.10 Å². The van der Waals surface area contributed by atoms with Crippen LogP contribution in [0.5, 0.6) is 0 Å². The van der Waals surface area contributed by atoms with Gasteiger partial charge in [0.05, 0.1) is 17.6 Å². The highest BCUT2D eigenvalue weighted by Crippen LogP contribution is 2.26. The Labute approximate surface area is 116 Å². The van der Waals surface area contributed by atoms with E-state index in [9.17, 15) is 0 Å². The van der Waals surface area contributed by atoms with Gasteiger partial charge in [-0.1, -0.05) is 41.9 Å². The quantitative estimate of drug-likeness (QED) is 0.769. The Morgan fingerprint density at radius 1 is 0.947 bits per heavy atom. The standard InChI is InChI=1S/C15H12ClN3/c16-12-8-6-11(7-9-12)15-14(17)10-19(18-15)13-4-2-1-3-5-13/h1-10H,17H2. The molecular formula is C15H12ClN3. The largest absolute Gasteiger partial charge is 0.396 e. The molecule has 94 valence electrons. The molecular weight excluding hydrogens is 258 g/mol. The first kappa shape index (κ1) is 11.8. The van der Waals surface area contributed by atoms with Crippen LogP contribution in [0.4, 0.5) is 5.69 Å². The summed E-state index contributed by atoms with van der Waals surface area (Å²) in [4.78, 5) is 0. The summed E-state index contributed by atoms with van der Waals surface area (Å²) in [5, 5.41) is 5.23. The third-order valence-electron chi connectivity index (χ3n) is 2.88. The lowest BCUT2D eigenvalue weighted by molar-refractivity contribution is 0.884. The van der Waals surface area contributed by atoms with E-state index in [4.69, 9.17) is 17.3 Å². The average molecular weight is 270 g/mol. The summed E-state index contributed by atoms with van der Waals surface area (Å²) in [6.07, 6.45) is 1.82. The number of halogens is 1. The Kier molecular flexibility index (Phi) is 2.97. The smallest absolute Gasteiger partial charge is 0.116 e. The molecule has 19 heavy (non-hydrogen) atoms. The lowest BCUT2D eigenvalue weighted by Gasteiger charge is -2.00. The lowest BCUT2D eigenvalue weighted by Crippen LogP contribution is -1.93. The summed E-state index contributed by atoms with van der Waals surface area (Å²) in [6, 6.07) is 17.4. The Morgan fingerprint density at radius 2 is 1.63 bits per heavy atom. The van der Waals surface area contributed by atoms with E-state index in [2.05, 4.69) is 5.10 Å². The van der Waals surface area contributed by atoms with Crippen LogP contribution in [0.15, 0.2) is 60.8 Å². The minimum atomic E-state index is 0.645. The summed E-state index contributed by atoms with van der Waals surface area (Å²) in [5.74, 6) is 0. The molecule has 0 saturated carbocycles. The van der Waals surface area contributed by atoms with Gasteiger partial charge in [0.25, 0.3) is 0 Å². The number of rotatable bonds is 2. The lowest BCUT2D eigenvalue weighted by atomic mass is 10.1. The molecule has 0 spiro atoms. The van der Waals surface area contributed by atoms with Crippen molar-refractivity contribution in [3.8, 4) is 16.9 Å². The fraction of sp³-hybridized carbons (Fsp3) is 0. The molecule has 0 amide bonds. The molecule has 0 aliphatic rings. The second-order valence-corrected chi connectivity index (χ2v) is 4.66. The van der Waals surface area contributed by atoms with Crippen LogP contribution in [-0.4, -0.2) is 9.78 Å². The molecule has 0 aliphatic heterocycles. The molecule has 3 aromatic rings. The number of nitrogens with zero attached hydrogens (tertiary/aromatic N) is 2. The molecule has 0 bridgehead atoms. The van der Waals surface area contributed by atoms with Crippen LogP contribution in [0.3, 0.4) is 0 Å². The third-order valence-corrected chi connectivity index (χ3v) is 3.13. The van der Waals surface area contributed by atoms with Crippen molar-refractivity contribution in [2.75, 3.05) is 5.73 Å². The Balaban J connectivity index is 2.05. The molecule has 0 saturated heterocycles. The number of anilines is 1. The van der Waals surface area contributed by atoms with Crippen molar-refractivity contribution in [1.82, 2.24) is 9.78 Å². The number of hydrogen-bond acceptors (Lipinski definition) is 2. The van der Waals surface area contributed by atoms with Gasteiger partial charge < -0.3 is 5.73 Å². The zero-order valence-corrected chi connectivity index (χ0v) is 10.9. The number of aromatic nitrogens is 2. The van der Waals surface area contributed by atoms with E-state index < -0.39 is 0 Å². The second kappa shape index (κ2) is 4.78. The molecule has 1 heterocycles. The maximum Gasteiger partial charge on any atom is 0.116 e. The Hall–Kier alpha value is -2.26. The van der Waals surface area contributed by atoms with Gasteiger partial charge in [-0.05, 0) is 24.3 Å². The number of benzene rings is 2. The molecule has 0 fully saturated rings. The van der Waals surface area contributed by atoms with Gasteiger partial charge in [0.2, 0.25) is 0 Å². The van der Waals surface area contributed by atoms with Gasteiger partial charge in [-0.15, -0.1) is 0 Å². The second-order valence-electron chi connectivity index (χ2n) is 4.22. The van der Waals surface area contributed by atoms with E-state index in [1.165, 1.54) is 0 Å². The van der Waals surface area contributed by atoms with Gasteiger partial charge in [0, 0.05) is 10.6 Å². The van der Waals surface area contributed by atoms with Crippen molar-refractivity contribution < 1.29 is 0 Å². The molecule has 0 aliphatic carbocycles. The van der Waals surface area contributed by atoms with Gasteiger partial charge in [-0.25, -0.2) is 4.68 Å². The van der Waals surface area contributed by atoms with Crippen LogP contribution in [0.25, 0.3) is 16.9 Å². The van der Waals surface area contributed by atoms with E-state index >= 15 is 0 Å². The van der Waals surface area contributed by atoms with Crippen molar-refractivity contribution in [2.45, 2.75) is 0 Å². The van der Waals surface area contributed by atoms with Crippen molar-refractivity contribution >= 4 is 17.3 Å². The van der Waals surface area contributed by atoms with E-state index in [1.54, 1.807) is 4.68 Å². The molecule has 4 heteroatoms. The number of nitrogens with two attached hydrogens (primary N) is 1. The molecule has 0 radical (unpaired) electrons. The topological polar surface area (TPSA) is 43.8 Å². The summed E-state index contributed by atoms with van der Waals surface area (Å²) in [6.45, 7) is 0. The van der Waals surface area contributed by atoms with E-state index in [1.807, 2.05) is 60.8 Å². The number of nitrogen functional groups attached to an aromatic ring is 1. The summed E-state index contributed by atoms with van der Waals surface area (Å²) >= 11 is 5.88. The SMILES string of the molecule is Nc1cn(-c2ccccc2)nc1-c1ccc(Cl)cc1. The zero-order chi connectivity index (χ0) is 13.2. The molecule has 1 aromatic heterocycles. The molecule has 2 aromatic carbocycles. The highest BCUT2D eigenvalue weighted by atomic mass is 35.5. The fourth-order valence-corrected chi connectivity index (χ4v) is 2.06. The van der Waals surface area contributed by atoms with Crippen LogP contribution in [0.2, 0.25) is 5.02 Å². The van der Waals surface area contributed by atoms with Gasteiger partial charge in [0.15, 0.2) is 0 Å². The maximum absolute atomic E-state index is 6.03. The monoisotopic (exact) mass is 269 g/mol. The van der Waals surface area contributed by atoms with Crippen LogP contribution < -0.4 is 5.73 Å². The van der Waals surface area contributed by atoms with Crippen molar-refractivity contribution in [3.63, 3.8) is 0 Å². The molecule has 3 nitrogen and oxygen atoms in total. The van der Waals surface area contributed by atoms with Gasteiger partial charge >= 0.3 is 0 Å². The van der Waals surface area contributed by atoms with E-state index in [0.717, 1.165) is 16.9 Å². The first-order valence-corrected chi connectivity index (χ1v) is 6.28. The predicted molar refractivity (Wildman–Crippen MR) is 78.4 cm³/mol. The first-order chi connectivity index (χ1) is 9.24. The van der Waals surface area contributed by atoms with Crippen molar-refractivity contribution in [1.29, 1.82) is 0 Å². The highest BCUT2D eigenvalue weighted by molar-refractivity contribution is 6.30. The molecule has 0 atom stereocenters. The average Bonchev–Trinajstić information content (AvgIpc) is 2.83. The summed E-state index contributed by atoms with van der Waals surface area (Å²) in [7, 11) is 0. The highest BCUT2D eigenvalue weighted by Gasteiger charge is 2.09. The minimum Gasteiger partial charge on any atom is -0.396 e. The van der Waals surface area contributed by atoms with Crippen LogP contribution in [-0.2, 0) is 0 Å². The molecule has 0 unspecified atom stereocenters. The summed E-state index contributed by atoms with van der Waals surface area (Å²) in [5.41, 5.74) is 9.38. The van der Waals surface area contributed by atoms with Gasteiger partial charge in [-0.3, -0.25) is 0 Å². The zero-order valence-electron chi connectivity index (χ0n) is 10.1. The van der Waals surface area contributed by atoms with Crippen molar-refractivity contribution in [3.05, 3.63) is 65.8 Å². The van der Waals surface area contributed by atoms with E-state index in [-0.39, 0.29) is 0 Å². The maximum atomic E-state index is 6.03. The van der Waals surface area contributed by atoms with Crippen LogP contribution in [0, 0.1) is 0 Å². The Bertz CT molecular complexity index is 687. The minimum absolute atomic E-state index is 0.645. The van der Waals surface area contributed by atoms with Gasteiger partial charge in [0.1, 0.15) is 5.69 Å².